The molecule has 1 aliphatic rings. The third-order valence-corrected chi connectivity index (χ3v) is 3.74. The van der Waals surface area contributed by atoms with E-state index in [1.807, 2.05) is 0 Å². The van der Waals surface area contributed by atoms with E-state index in [9.17, 15) is 13.2 Å². The third kappa shape index (κ3) is 1.50. The van der Waals surface area contributed by atoms with Crippen LogP contribution in [0.1, 0.15) is 25.7 Å². The molecule has 0 unspecified atom stereocenters. The molecule has 0 radical (unpaired) electrons. The Kier molecular flexibility index (Phi) is 2.42. The second-order valence-electron chi connectivity index (χ2n) is 2.90. The standard InChI is InChI=1S/C7H11F3S/c1-11-6(7(8,9)10)4-2-3-5-6/h2-5H2,1H3. The number of thioether (sulfide) groups is 1. The first-order valence-corrected chi connectivity index (χ1v) is 4.86. The maximum absolute atomic E-state index is 12.4. The molecule has 0 atom stereocenters. The molecular weight excluding hydrogens is 173 g/mol. The molecule has 0 heterocycles. The van der Waals surface area contributed by atoms with E-state index in [1.165, 1.54) is 0 Å². The molecule has 1 saturated carbocycles. The molecule has 1 aliphatic carbocycles. The minimum Gasteiger partial charge on any atom is -0.169 e. The molecule has 66 valence electrons. The lowest BCUT2D eigenvalue weighted by atomic mass is 10.1. The molecule has 0 aromatic rings. The molecule has 0 aromatic heterocycles. The van der Waals surface area contributed by atoms with Crippen molar-refractivity contribution in [3.63, 3.8) is 0 Å². The zero-order valence-corrected chi connectivity index (χ0v) is 7.19. The van der Waals surface area contributed by atoms with Gasteiger partial charge in [0.2, 0.25) is 0 Å². The van der Waals surface area contributed by atoms with Gasteiger partial charge in [-0.15, -0.1) is 11.8 Å². The van der Waals surface area contributed by atoms with Gasteiger partial charge in [0.15, 0.2) is 0 Å². The quantitative estimate of drug-likeness (QED) is 0.603. The van der Waals surface area contributed by atoms with Crippen LogP contribution in [0.25, 0.3) is 0 Å². The highest BCUT2D eigenvalue weighted by molar-refractivity contribution is 8.00. The number of alkyl halides is 3. The lowest BCUT2D eigenvalue weighted by Gasteiger charge is -2.29. The number of hydrogen-bond donors (Lipinski definition) is 0. The molecule has 1 fully saturated rings. The summed E-state index contributed by atoms with van der Waals surface area (Å²) in [5.41, 5.74) is 0. The molecule has 11 heavy (non-hydrogen) atoms. The van der Waals surface area contributed by atoms with Gasteiger partial charge in [0, 0.05) is 0 Å². The summed E-state index contributed by atoms with van der Waals surface area (Å²) in [4.78, 5) is 0. The van der Waals surface area contributed by atoms with E-state index in [2.05, 4.69) is 0 Å². The average Bonchev–Trinajstić information content (AvgIpc) is 2.33. The summed E-state index contributed by atoms with van der Waals surface area (Å²) in [5, 5.41) is 0. The predicted molar refractivity (Wildman–Crippen MR) is 40.8 cm³/mol. The van der Waals surface area contributed by atoms with Gasteiger partial charge in [0.05, 0.1) is 0 Å². The minimum atomic E-state index is -4.01. The Bertz CT molecular complexity index is 135. The van der Waals surface area contributed by atoms with Crippen LogP contribution in [0.2, 0.25) is 0 Å². The van der Waals surface area contributed by atoms with E-state index in [1.54, 1.807) is 6.26 Å². The van der Waals surface area contributed by atoms with E-state index in [0.717, 1.165) is 24.6 Å². The third-order valence-electron chi connectivity index (χ3n) is 2.32. The molecule has 0 N–H and O–H groups in total. The van der Waals surface area contributed by atoms with Crippen LogP contribution in [-0.2, 0) is 0 Å². The van der Waals surface area contributed by atoms with Gasteiger partial charge in [-0.05, 0) is 19.1 Å². The minimum absolute atomic E-state index is 0.303. The van der Waals surface area contributed by atoms with Gasteiger partial charge >= 0.3 is 6.18 Å². The smallest absolute Gasteiger partial charge is 0.169 e. The van der Waals surface area contributed by atoms with Crippen LogP contribution in [0.15, 0.2) is 0 Å². The van der Waals surface area contributed by atoms with Crippen molar-refractivity contribution in [2.45, 2.75) is 36.6 Å². The number of hydrogen-bond acceptors (Lipinski definition) is 1. The van der Waals surface area contributed by atoms with E-state index >= 15 is 0 Å². The molecule has 0 aliphatic heterocycles. The molecule has 0 spiro atoms. The van der Waals surface area contributed by atoms with E-state index in [0.29, 0.717) is 12.8 Å². The van der Waals surface area contributed by atoms with Gasteiger partial charge in [0.25, 0.3) is 0 Å². The van der Waals surface area contributed by atoms with Crippen LogP contribution < -0.4 is 0 Å². The van der Waals surface area contributed by atoms with Gasteiger partial charge in [-0.3, -0.25) is 0 Å². The summed E-state index contributed by atoms with van der Waals surface area (Å²) in [6, 6.07) is 0. The van der Waals surface area contributed by atoms with Gasteiger partial charge in [-0.25, -0.2) is 0 Å². The summed E-state index contributed by atoms with van der Waals surface area (Å²) in [6.07, 6.45) is -0.405. The van der Waals surface area contributed by atoms with Crippen LogP contribution in [0.4, 0.5) is 13.2 Å². The fourth-order valence-electron chi connectivity index (χ4n) is 1.55. The molecule has 0 nitrogen and oxygen atoms in total. The number of halogens is 3. The molecule has 1 rings (SSSR count). The first-order chi connectivity index (χ1) is 5.02. The van der Waals surface area contributed by atoms with Crippen LogP contribution >= 0.6 is 11.8 Å². The van der Waals surface area contributed by atoms with Crippen molar-refractivity contribution in [3.05, 3.63) is 0 Å². The van der Waals surface area contributed by atoms with Crippen LogP contribution in [0, 0.1) is 0 Å². The lowest BCUT2D eigenvalue weighted by Crippen LogP contribution is -2.38. The highest BCUT2D eigenvalue weighted by Gasteiger charge is 2.55. The van der Waals surface area contributed by atoms with Crippen molar-refractivity contribution in [1.82, 2.24) is 0 Å². The van der Waals surface area contributed by atoms with Crippen molar-refractivity contribution in [2.24, 2.45) is 0 Å². The normalized spacial score (nSPS) is 24.0. The fraction of sp³-hybridized carbons (Fsp3) is 1.00. The maximum Gasteiger partial charge on any atom is 0.403 e. The van der Waals surface area contributed by atoms with Crippen molar-refractivity contribution < 1.29 is 13.2 Å². The SMILES string of the molecule is CSC1(C(F)(F)F)CCCC1. The largest absolute Gasteiger partial charge is 0.403 e. The molecule has 0 amide bonds. The second-order valence-corrected chi connectivity index (χ2v) is 4.09. The lowest BCUT2D eigenvalue weighted by molar-refractivity contribution is -0.157. The maximum atomic E-state index is 12.4. The Morgan fingerprint density at radius 1 is 1.18 bits per heavy atom. The molecule has 0 aromatic carbocycles. The average molecular weight is 184 g/mol. The van der Waals surface area contributed by atoms with Crippen molar-refractivity contribution >= 4 is 11.8 Å². The summed E-state index contributed by atoms with van der Waals surface area (Å²) in [7, 11) is 0. The zero-order valence-electron chi connectivity index (χ0n) is 6.37. The van der Waals surface area contributed by atoms with Crippen LogP contribution in [0.3, 0.4) is 0 Å². The van der Waals surface area contributed by atoms with Crippen molar-refractivity contribution in [3.8, 4) is 0 Å². The summed E-state index contributed by atoms with van der Waals surface area (Å²) in [5.74, 6) is 0. The van der Waals surface area contributed by atoms with E-state index in [-0.39, 0.29) is 0 Å². The van der Waals surface area contributed by atoms with Gasteiger partial charge in [0.1, 0.15) is 4.75 Å². The Morgan fingerprint density at radius 3 is 1.82 bits per heavy atom. The predicted octanol–water partition coefficient (Wildman–Crippen LogP) is 3.22. The van der Waals surface area contributed by atoms with Crippen LogP contribution in [0.5, 0.6) is 0 Å². The first-order valence-electron chi connectivity index (χ1n) is 3.64. The Labute approximate surface area is 68.5 Å². The van der Waals surface area contributed by atoms with E-state index < -0.39 is 10.9 Å². The summed E-state index contributed by atoms with van der Waals surface area (Å²) >= 11 is 0.962. The summed E-state index contributed by atoms with van der Waals surface area (Å²) < 4.78 is 35.8. The molecule has 0 bridgehead atoms. The first kappa shape index (κ1) is 9.23. The second kappa shape index (κ2) is 2.88. The van der Waals surface area contributed by atoms with Gasteiger partial charge < -0.3 is 0 Å². The zero-order chi connectivity index (χ0) is 8.54. The van der Waals surface area contributed by atoms with E-state index in [4.69, 9.17) is 0 Å². The Balaban J connectivity index is 2.75. The Hall–Kier alpha value is 0.140. The summed E-state index contributed by atoms with van der Waals surface area (Å²) in [6.45, 7) is 0. The highest BCUT2D eigenvalue weighted by atomic mass is 32.2. The molecule has 0 saturated heterocycles. The van der Waals surface area contributed by atoms with Gasteiger partial charge in [-0.2, -0.15) is 13.2 Å². The Morgan fingerprint density at radius 2 is 1.64 bits per heavy atom. The van der Waals surface area contributed by atoms with Crippen molar-refractivity contribution in [2.75, 3.05) is 6.26 Å². The fourth-order valence-corrected chi connectivity index (χ4v) is 2.48. The highest BCUT2D eigenvalue weighted by Crippen LogP contribution is 2.51. The van der Waals surface area contributed by atoms with Crippen LogP contribution in [-0.4, -0.2) is 17.2 Å². The molecular formula is C7H11F3S. The monoisotopic (exact) mass is 184 g/mol. The number of rotatable bonds is 1. The topological polar surface area (TPSA) is 0 Å². The van der Waals surface area contributed by atoms with Gasteiger partial charge in [-0.1, -0.05) is 12.8 Å². The van der Waals surface area contributed by atoms with Crippen molar-refractivity contribution in [1.29, 1.82) is 0 Å². The molecule has 4 heteroatoms.